The van der Waals surface area contributed by atoms with E-state index in [0.717, 1.165) is 24.8 Å². The van der Waals surface area contributed by atoms with Crippen LogP contribution in [0.25, 0.3) is 0 Å². The van der Waals surface area contributed by atoms with E-state index in [0.29, 0.717) is 5.41 Å². The Balaban J connectivity index is 1.73. The average molecular weight is 197 g/mol. The van der Waals surface area contributed by atoms with E-state index in [1.165, 1.54) is 13.1 Å². The van der Waals surface area contributed by atoms with Crippen molar-refractivity contribution in [3.63, 3.8) is 0 Å². The highest BCUT2D eigenvalue weighted by Gasteiger charge is 2.61. The zero-order valence-electron chi connectivity index (χ0n) is 9.88. The summed E-state index contributed by atoms with van der Waals surface area (Å²) in [6.07, 6.45) is 0.896. The Morgan fingerprint density at radius 3 is 2.21 bits per heavy atom. The van der Waals surface area contributed by atoms with E-state index in [9.17, 15) is 5.11 Å². The van der Waals surface area contributed by atoms with Crippen LogP contribution in [0.15, 0.2) is 0 Å². The highest BCUT2D eigenvalue weighted by Crippen LogP contribution is 2.61. The van der Waals surface area contributed by atoms with Crippen LogP contribution in [-0.4, -0.2) is 35.2 Å². The molecule has 1 heterocycles. The normalized spacial score (nSPS) is 35.8. The number of rotatable bonds is 3. The SMILES string of the molecule is CC(C)(O)CCN1CC2C(C1)C2(C)C. The van der Waals surface area contributed by atoms with Gasteiger partial charge in [0.05, 0.1) is 5.60 Å². The summed E-state index contributed by atoms with van der Waals surface area (Å²) in [4.78, 5) is 2.51. The number of hydrogen-bond donors (Lipinski definition) is 1. The second kappa shape index (κ2) is 2.96. The molecule has 0 aromatic carbocycles. The third-order valence-corrected chi connectivity index (χ3v) is 4.24. The highest BCUT2D eigenvalue weighted by atomic mass is 16.3. The predicted octanol–water partition coefficient (Wildman–Crippen LogP) is 1.74. The van der Waals surface area contributed by atoms with Crippen molar-refractivity contribution in [1.29, 1.82) is 0 Å². The molecule has 0 bridgehead atoms. The Labute approximate surface area is 87.3 Å². The van der Waals surface area contributed by atoms with Crippen LogP contribution in [0.2, 0.25) is 0 Å². The number of likely N-dealkylation sites (tertiary alicyclic amines) is 1. The smallest absolute Gasteiger partial charge is 0.0603 e. The standard InChI is InChI=1S/C12H23NO/c1-11(2,14)5-6-13-7-9-10(8-13)12(9,3)4/h9-10,14H,5-8H2,1-4H3. The third-order valence-electron chi connectivity index (χ3n) is 4.24. The molecule has 0 spiro atoms. The largest absolute Gasteiger partial charge is 0.390 e. The van der Waals surface area contributed by atoms with Crippen molar-refractivity contribution in [2.45, 2.75) is 39.7 Å². The quantitative estimate of drug-likeness (QED) is 0.745. The molecule has 2 heteroatoms. The molecule has 2 fully saturated rings. The predicted molar refractivity (Wildman–Crippen MR) is 58.1 cm³/mol. The van der Waals surface area contributed by atoms with E-state index >= 15 is 0 Å². The molecule has 2 rings (SSSR count). The summed E-state index contributed by atoms with van der Waals surface area (Å²) in [5.74, 6) is 1.87. The van der Waals surface area contributed by atoms with Crippen LogP contribution < -0.4 is 0 Å². The molecule has 82 valence electrons. The van der Waals surface area contributed by atoms with Gasteiger partial charge in [-0.15, -0.1) is 0 Å². The van der Waals surface area contributed by atoms with Crippen LogP contribution in [0.5, 0.6) is 0 Å². The lowest BCUT2D eigenvalue weighted by molar-refractivity contribution is 0.0579. The molecule has 14 heavy (non-hydrogen) atoms. The summed E-state index contributed by atoms with van der Waals surface area (Å²) in [6, 6.07) is 0. The van der Waals surface area contributed by atoms with Crippen LogP contribution in [0.1, 0.15) is 34.1 Å². The molecule has 0 aromatic heterocycles. The van der Waals surface area contributed by atoms with Crippen LogP contribution >= 0.6 is 0 Å². The van der Waals surface area contributed by atoms with Gasteiger partial charge in [0.1, 0.15) is 0 Å². The topological polar surface area (TPSA) is 23.5 Å². The van der Waals surface area contributed by atoms with Gasteiger partial charge in [-0.1, -0.05) is 13.8 Å². The number of nitrogens with zero attached hydrogens (tertiary/aromatic N) is 1. The molecule has 2 nitrogen and oxygen atoms in total. The molecular weight excluding hydrogens is 174 g/mol. The fourth-order valence-corrected chi connectivity index (χ4v) is 2.83. The van der Waals surface area contributed by atoms with Gasteiger partial charge in [-0.05, 0) is 37.5 Å². The summed E-state index contributed by atoms with van der Waals surface area (Å²) in [6.45, 7) is 12.1. The summed E-state index contributed by atoms with van der Waals surface area (Å²) < 4.78 is 0. The van der Waals surface area contributed by atoms with Gasteiger partial charge in [-0.3, -0.25) is 0 Å². The lowest BCUT2D eigenvalue weighted by Gasteiger charge is -2.25. The van der Waals surface area contributed by atoms with Crippen molar-refractivity contribution in [2.75, 3.05) is 19.6 Å². The first-order valence-corrected chi connectivity index (χ1v) is 5.75. The maximum Gasteiger partial charge on any atom is 0.0603 e. The van der Waals surface area contributed by atoms with E-state index in [2.05, 4.69) is 18.7 Å². The molecule has 1 saturated carbocycles. The second-order valence-corrected chi connectivity index (χ2v) is 6.36. The molecule has 0 radical (unpaired) electrons. The summed E-state index contributed by atoms with van der Waals surface area (Å²) >= 11 is 0. The first-order valence-electron chi connectivity index (χ1n) is 5.75. The molecule has 0 aromatic rings. The molecule has 1 aliphatic heterocycles. The molecule has 2 unspecified atom stereocenters. The molecular formula is C12H23NO. The van der Waals surface area contributed by atoms with Crippen molar-refractivity contribution in [2.24, 2.45) is 17.3 Å². The second-order valence-electron chi connectivity index (χ2n) is 6.36. The van der Waals surface area contributed by atoms with Crippen molar-refractivity contribution >= 4 is 0 Å². The first-order chi connectivity index (χ1) is 6.31. The molecule has 1 aliphatic carbocycles. The van der Waals surface area contributed by atoms with Crippen molar-refractivity contribution < 1.29 is 5.11 Å². The molecule has 1 saturated heterocycles. The fourth-order valence-electron chi connectivity index (χ4n) is 2.83. The van der Waals surface area contributed by atoms with Gasteiger partial charge < -0.3 is 10.0 Å². The Morgan fingerprint density at radius 2 is 1.79 bits per heavy atom. The molecule has 0 amide bonds. The fraction of sp³-hybridized carbons (Fsp3) is 1.00. The Bertz CT molecular complexity index is 215. The Hall–Kier alpha value is -0.0800. The van der Waals surface area contributed by atoms with Gasteiger partial charge in [-0.25, -0.2) is 0 Å². The lowest BCUT2D eigenvalue weighted by Crippen LogP contribution is -2.32. The summed E-state index contributed by atoms with van der Waals surface area (Å²) in [5, 5.41) is 9.63. The van der Waals surface area contributed by atoms with Gasteiger partial charge in [0.25, 0.3) is 0 Å². The van der Waals surface area contributed by atoms with Crippen molar-refractivity contribution in [1.82, 2.24) is 4.90 Å². The van der Waals surface area contributed by atoms with E-state index in [4.69, 9.17) is 0 Å². The zero-order valence-corrected chi connectivity index (χ0v) is 9.88. The number of fused-ring (bicyclic) bond motifs is 1. The van der Waals surface area contributed by atoms with E-state index in [1.54, 1.807) is 0 Å². The van der Waals surface area contributed by atoms with E-state index in [-0.39, 0.29) is 0 Å². The van der Waals surface area contributed by atoms with Gasteiger partial charge in [0.2, 0.25) is 0 Å². The molecule has 1 N–H and O–H groups in total. The lowest BCUT2D eigenvalue weighted by atomic mass is 10.0. The third kappa shape index (κ3) is 1.82. The summed E-state index contributed by atoms with van der Waals surface area (Å²) in [7, 11) is 0. The van der Waals surface area contributed by atoms with Crippen LogP contribution in [0.4, 0.5) is 0 Å². The maximum atomic E-state index is 9.63. The monoisotopic (exact) mass is 197 g/mol. The van der Waals surface area contributed by atoms with Crippen LogP contribution in [0, 0.1) is 17.3 Å². The van der Waals surface area contributed by atoms with Crippen LogP contribution in [-0.2, 0) is 0 Å². The van der Waals surface area contributed by atoms with E-state index < -0.39 is 5.60 Å². The number of piperidine rings is 1. The molecule has 2 aliphatic rings. The minimum atomic E-state index is -0.498. The minimum absolute atomic E-state index is 0.498. The van der Waals surface area contributed by atoms with E-state index in [1.807, 2.05) is 13.8 Å². The Kier molecular flexibility index (Phi) is 2.20. The average Bonchev–Trinajstić information content (AvgIpc) is 2.50. The number of aliphatic hydroxyl groups is 1. The maximum absolute atomic E-state index is 9.63. The first kappa shape index (κ1) is 10.4. The van der Waals surface area contributed by atoms with Gasteiger partial charge in [0.15, 0.2) is 0 Å². The summed E-state index contributed by atoms with van der Waals surface area (Å²) in [5.41, 5.74) is 0.119. The van der Waals surface area contributed by atoms with Gasteiger partial charge in [0, 0.05) is 19.6 Å². The van der Waals surface area contributed by atoms with Crippen LogP contribution in [0.3, 0.4) is 0 Å². The van der Waals surface area contributed by atoms with Gasteiger partial charge in [-0.2, -0.15) is 0 Å². The highest BCUT2D eigenvalue weighted by molar-refractivity contribution is 5.11. The number of hydrogen-bond acceptors (Lipinski definition) is 2. The minimum Gasteiger partial charge on any atom is -0.390 e. The van der Waals surface area contributed by atoms with Crippen molar-refractivity contribution in [3.05, 3.63) is 0 Å². The van der Waals surface area contributed by atoms with Crippen molar-refractivity contribution in [3.8, 4) is 0 Å². The Morgan fingerprint density at radius 1 is 1.29 bits per heavy atom. The zero-order chi connectivity index (χ0) is 10.6. The molecule has 2 atom stereocenters. The van der Waals surface area contributed by atoms with Gasteiger partial charge >= 0.3 is 0 Å².